The summed E-state index contributed by atoms with van der Waals surface area (Å²) in [5, 5.41) is 17.0. The lowest BCUT2D eigenvalue weighted by Crippen LogP contribution is -2.21. The fraction of sp³-hybridized carbons (Fsp3) is 0.267. The van der Waals surface area contributed by atoms with Crippen LogP contribution in [0.25, 0.3) is 0 Å². The minimum absolute atomic E-state index is 0.0000277. The maximum Gasteiger partial charge on any atom is 0.377 e. The van der Waals surface area contributed by atoms with Gasteiger partial charge in [-0.3, -0.25) is 14.9 Å². The van der Waals surface area contributed by atoms with Gasteiger partial charge in [-0.15, -0.1) is 0 Å². The second-order valence-electron chi connectivity index (χ2n) is 5.05. The Balaban J connectivity index is 2.02. The number of benzene rings is 1. The number of nitrogens with one attached hydrogen (secondary N) is 1. The quantitative estimate of drug-likeness (QED) is 0.475. The zero-order valence-electron chi connectivity index (χ0n) is 13.7. The molecule has 25 heavy (non-hydrogen) atoms. The molecule has 1 heterocycles. The van der Waals surface area contributed by atoms with Crippen LogP contribution in [-0.4, -0.2) is 35.7 Å². The van der Waals surface area contributed by atoms with E-state index in [0.717, 1.165) is 0 Å². The van der Waals surface area contributed by atoms with E-state index < -0.39 is 23.4 Å². The molecule has 10 heteroatoms. The molecule has 1 aromatic heterocycles. The number of carbonyl (C=O) groups excluding carboxylic acids is 2. The fourth-order valence-electron chi connectivity index (χ4n) is 1.96. The van der Waals surface area contributed by atoms with Gasteiger partial charge in [-0.1, -0.05) is 5.16 Å². The third-order valence-corrected chi connectivity index (χ3v) is 3.16. The van der Waals surface area contributed by atoms with Crippen molar-refractivity contribution in [1.82, 2.24) is 5.16 Å². The number of aromatic nitrogens is 1. The van der Waals surface area contributed by atoms with Crippen LogP contribution in [0.1, 0.15) is 21.8 Å². The Kier molecular flexibility index (Phi) is 5.32. The van der Waals surface area contributed by atoms with Crippen LogP contribution in [0.3, 0.4) is 0 Å². The number of anilines is 1. The molecule has 1 N–H and O–H groups in total. The molecule has 10 nitrogen and oxygen atoms in total. The summed E-state index contributed by atoms with van der Waals surface area (Å²) in [6.07, 6.45) is 0. The maximum absolute atomic E-state index is 11.9. The molecule has 0 fully saturated rings. The SMILES string of the molecule is COc1cc(NC(=O)COC(=O)c2cc(C)no2)c(C)cc1[N+](=O)[O-]. The minimum atomic E-state index is -0.825. The Morgan fingerprint density at radius 1 is 1.32 bits per heavy atom. The van der Waals surface area contributed by atoms with E-state index in [0.29, 0.717) is 16.9 Å². The third kappa shape index (κ3) is 4.31. The van der Waals surface area contributed by atoms with Gasteiger partial charge in [-0.05, 0) is 19.4 Å². The number of amides is 1. The minimum Gasteiger partial charge on any atom is -0.490 e. The van der Waals surface area contributed by atoms with E-state index in [2.05, 4.69) is 10.5 Å². The Hall–Kier alpha value is -3.43. The molecule has 0 aliphatic rings. The highest BCUT2D eigenvalue weighted by atomic mass is 16.6. The zero-order chi connectivity index (χ0) is 18.6. The van der Waals surface area contributed by atoms with Crippen molar-refractivity contribution in [3.05, 3.63) is 45.3 Å². The highest BCUT2D eigenvalue weighted by Crippen LogP contribution is 2.32. The number of rotatable bonds is 6. The van der Waals surface area contributed by atoms with Crippen LogP contribution < -0.4 is 10.1 Å². The van der Waals surface area contributed by atoms with Gasteiger partial charge in [0.15, 0.2) is 12.4 Å². The topological polar surface area (TPSA) is 134 Å². The number of aryl methyl sites for hydroxylation is 2. The van der Waals surface area contributed by atoms with Gasteiger partial charge in [0.1, 0.15) is 0 Å². The van der Waals surface area contributed by atoms with Gasteiger partial charge in [0, 0.05) is 23.9 Å². The van der Waals surface area contributed by atoms with E-state index in [1.165, 1.54) is 25.3 Å². The van der Waals surface area contributed by atoms with Crippen molar-refractivity contribution < 1.29 is 28.5 Å². The first-order valence-electron chi connectivity index (χ1n) is 7.05. The number of methoxy groups -OCH3 is 1. The molecule has 0 atom stereocenters. The van der Waals surface area contributed by atoms with E-state index in [4.69, 9.17) is 14.0 Å². The third-order valence-electron chi connectivity index (χ3n) is 3.16. The molecule has 2 aromatic rings. The number of nitrogens with zero attached hydrogens (tertiary/aromatic N) is 2. The van der Waals surface area contributed by atoms with E-state index in [1.807, 2.05) is 0 Å². The first kappa shape index (κ1) is 17.9. The molecule has 0 aliphatic heterocycles. The average molecular weight is 349 g/mol. The molecular formula is C15H15N3O7. The summed E-state index contributed by atoms with van der Waals surface area (Å²) in [6, 6.07) is 3.98. The number of carbonyl (C=O) groups is 2. The van der Waals surface area contributed by atoms with Crippen molar-refractivity contribution in [2.75, 3.05) is 19.0 Å². The molecule has 1 aromatic carbocycles. The van der Waals surface area contributed by atoms with Gasteiger partial charge in [0.25, 0.3) is 5.91 Å². The maximum atomic E-state index is 11.9. The van der Waals surface area contributed by atoms with Gasteiger partial charge in [0.05, 0.1) is 17.7 Å². The van der Waals surface area contributed by atoms with Crippen LogP contribution in [-0.2, 0) is 9.53 Å². The molecule has 0 aliphatic carbocycles. The van der Waals surface area contributed by atoms with E-state index in [9.17, 15) is 19.7 Å². The number of ether oxygens (including phenoxy) is 2. The van der Waals surface area contributed by atoms with Crippen molar-refractivity contribution >= 4 is 23.3 Å². The lowest BCUT2D eigenvalue weighted by molar-refractivity contribution is -0.385. The predicted molar refractivity (Wildman–Crippen MR) is 84.5 cm³/mol. The van der Waals surface area contributed by atoms with Crippen molar-refractivity contribution in [2.24, 2.45) is 0 Å². The van der Waals surface area contributed by atoms with Crippen LogP contribution in [0.2, 0.25) is 0 Å². The molecule has 2 rings (SSSR count). The molecule has 0 radical (unpaired) electrons. The van der Waals surface area contributed by atoms with Crippen molar-refractivity contribution in [3.63, 3.8) is 0 Å². The Morgan fingerprint density at radius 3 is 2.60 bits per heavy atom. The summed E-state index contributed by atoms with van der Waals surface area (Å²) in [4.78, 5) is 33.9. The molecule has 0 bridgehead atoms. The second kappa shape index (κ2) is 7.43. The van der Waals surface area contributed by atoms with Crippen molar-refractivity contribution in [3.8, 4) is 5.75 Å². The Morgan fingerprint density at radius 2 is 2.04 bits per heavy atom. The number of nitro benzene ring substituents is 1. The fourth-order valence-corrected chi connectivity index (χ4v) is 1.96. The highest BCUT2D eigenvalue weighted by Gasteiger charge is 2.19. The summed E-state index contributed by atoms with van der Waals surface area (Å²) < 4.78 is 14.5. The first-order chi connectivity index (χ1) is 11.8. The molecule has 1 amide bonds. The lowest BCUT2D eigenvalue weighted by atomic mass is 10.1. The van der Waals surface area contributed by atoms with Gasteiger partial charge >= 0.3 is 11.7 Å². The number of nitro groups is 1. The zero-order valence-corrected chi connectivity index (χ0v) is 13.7. The van der Waals surface area contributed by atoms with Gasteiger partial charge in [0.2, 0.25) is 5.76 Å². The van der Waals surface area contributed by atoms with Crippen LogP contribution in [0.15, 0.2) is 22.7 Å². The molecule has 0 saturated heterocycles. The summed E-state index contributed by atoms with van der Waals surface area (Å²) in [5.74, 6) is -1.56. The van der Waals surface area contributed by atoms with Crippen LogP contribution in [0, 0.1) is 24.0 Å². The van der Waals surface area contributed by atoms with Crippen molar-refractivity contribution in [2.45, 2.75) is 13.8 Å². The van der Waals surface area contributed by atoms with Crippen LogP contribution in [0.4, 0.5) is 11.4 Å². The van der Waals surface area contributed by atoms with Crippen LogP contribution >= 0.6 is 0 Å². The van der Waals surface area contributed by atoms with E-state index in [1.54, 1.807) is 13.8 Å². The summed E-state index contributed by atoms with van der Waals surface area (Å²) in [7, 11) is 1.28. The largest absolute Gasteiger partial charge is 0.490 e. The first-order valence-corrected chi connectivity index (χ1v) is 7.05. The molecule has 0 spiro atoms. The number of esters is 1. The summed E-state index contributed by atoms with van der Waals surface area (Å²) in [5.41, 5.74) is 1.05. The second-order valence-corrected chi connectivity index (χ2v) is 5.05. The van der Waals surface area contributed by atoms with Crippen LogP contribution in [0.5, 0.6) is 5.75 Å². The summed E-state index contributed by atoms with van der Waals surface area (Å²) in [6.45, 7) is 2.67. The average Bonchev–Trinajstić information content (AvgIpc) is 3.00. The Bertz CT molecular complexity index is 829. The van der Waals surface area contributed by atoms with Gasteiger partial charge in [-0.25, -0.2) is 4.79 Å². The monoisotopic (exact) mass is 349 g/mol. The standard InChI is InChI=1S/C15H15N3O7/c1-8-4-11(18(21)22)12(23-3)6-10(8)16-14(19)7-24-15(20)13-5-9(2)17-25-13/h4-6H,7H2,1-3H3,(H,16,19). The Labute approximate surface area is 141 Å². The molecular weight excluding hydrogens is 334 g/mol. The number of hydrogen-bond acceptors (Lipinski definition) is 8. The number of hydrogen-bond donors (Lipinski definition) is 1. The molecule has 132 valence electrons. The van der Waals surface area contributed by atoms with Crippen molar-refractivity contribution in [1.29, 1.82) is 0 Å². The normalized spacial score (nSPS) is 10.2. The smallest absolute Gasteiger partial charge is 0.377 e. The van der Waals surface area contributed by atoms with E-state index >= 15 is 0 Å². The molecule has 0 saturated carbocycles. The lowest BCUT2D eigenvalue weighted by Gasteiger charge is -2.10. The van der Waals surface area contributed by atoms with Gasteiger partial charge in [-0.2, -0.15) is 0 Å². The van der Waals surface area contributed by atoms with Gasteiger partial charge < -0.3 is 19.3 Å². The highest BCUT2D eigenvalue weighted by molar-refractivity contribution is 5.95. The van der Waals surface area contributed by atoms with E-state index in [-0.39, 0.29) is 17.2 Å². The summed E-state index contributed by atoms with van der Waals surface area (Å²) >= 11 is 0. The molecule has 0 unspecified atom stereocenters. The predicted octanol–water partition coefficient (Wildman–Crippen LogP) is 2.00.